The fourth-order valence-corrected chi connectivity index (χ4v) is 4.61. The summed E-state index contributed by atoms with van der Waals surface area (Å²) in [5.74, 6) is -4.19. The Bertz CT molecular complexity index is 1820. The first kappa shape index (κ1) is 25.0. The molecule has 0 aliphatic heterocycles. The zero-order chi connectivity index (χ0) is 27.0. The van der Waals surface area contributed by atoms with Crippen LogP contribution in [0.3, 0.4) is 0 Å². The van der Waals surface area contributed by atoms with Crippen molar-refractivity contribution in [1.82, 2.24) is 19.1 Å². The second-order valence-electron chi connectivity index (χ2n) is 8.23. The molecule has 0 saturated heterocycles. The van der Waals surface area contributed by atoms with Crippen molar-refractivity contribution in [3.05, 3.63) is 114 Å². The van der Waals surface area contributed by atoms with Crippen LogP contribution in [0.25, 0.3) is 10.2 Å². The van der Waals surface area contributed by atoms with Gasteiger partial charge in [-0.3, -0.25) is 9.36 Å². The number of methoxy groups -OCH3 is 1. The summed E-state index contributed by atoms with van der Waals surface area (Å²) < 4.78 is 48.1. The summed E-state index contributed by atoms with van der Waals surface area (Å²) in [5, 5.41) is 5.35. The lowest BCUT2D eigenvalue weighted by molar-refractivity contribution is 0.415. The van der Waals surface area contributed by atoms with Gasteiger partial charge in [0.2, 0.25) is 5.95 Å². The van der Waals surface area contributed by atoms with Crippen molar-refractivity contribution >= 4 is 33.2 Å². The second kappa shape index (κ2) is 10.0. The number of aromatic amines is 1. The topological polar surface area (TPSA) is 111 Å². The summed E-state index contributed by atoms with van der Waals surface area (Å²) in [6, 6.07) is 11.3. The van der Waals surface area contributed by atoms with Gasteiger partial charge in [-0.25, -0.2) is 27.3 Å². The molecule has 5 aromatic rings. The number of aromatic nitrogens is 4. The van der Waals surface area contributed by atoms with Crippen molar-refractivity contribution in [2.75, 3.05) is 12.4 Å². The van der Waals surface area contributed by atoms with Crippen LogP contribution in [0, 0.1) is 17.5 Å². The molecule has 0 unspecified atom stereocenters. The average molecular weight is 542 g/mol. The molecule has 13 heteroatoms. The molecule has 2 N–H and O–H groups in total. The van der Waals surface area contributed by atoms with Gasteiger partial charge in [-0.05, 0) is 59.5 Å². The fraction of sp³-hybridized carbons (Fsp3) is 0.120. The Morgan fingerprint density at radius 1 is 0.974 bits per heavy atom. The van der Waals surface area contributed by atoms with Crippen LogP contribution in [0.5, 0.6) is 5.75 Å². The van der Waals surface area contributed by atoms with Crippen molar-refractivity contribution < 1.29 is 17.9 Å². The van der Waals surface area contributed by atoms with Crippen LogP contribution in [-0.2, 0) is 13.1 Å². The Hall–Kier alpha value is -4.65. The number of hydrogen-bond donors (Lipinski definition) is 2. The van der Waals surface area contributed by atoms with Gasteiger partial charge in [0.05, 0.1) is 20.2 Å². The van der Waals surface area contributed by atoms with Gasteiger partial charge in [0.15, 0.2) is 17.5 Å². The highest BCUT2D eigenvalue weighted by molar-refractivity contribution is 7.16. The highest BCUT2D eigenvalue weighted by atomic mass is 32.1. The predicted molar refractivity (Wildman–Crippen MR) is 136 cm³/mol. The van der Waals surface area contributed by atoms with E-state index in [-0.39, 0.29) is 17.1 Å². The van der Waals surface area contributed by atoms with Crippen LogP contribution in [0.1, 0.15) is 11.1 Å². The first-order valence-electron chi connectivity index (χ1n) is 11.1. The number of halogens is 3. The Kier molecular flexibility index (Phi) is 6.59. The standard InChI is InChI=1S/C25H18F3N5O4S/c1-37-17-4-2-16(3-5-17)29-23-31-24(35)33(12-15-10-14-6-7-38-22(14)30-21(15)34)25(36)32(23)11-13-8-18(26)20(28)19(27)9-13/h2-10H,11-12H2,1H3,(H,30,34)(H,29,31,35). The van der Waals surface area contributed by atoms with Crippen molar-refractivity contribution in [3.63, 3.8) is 0 Å². The van der Waals surface area contributed by atoms with E-state index in [1.807, 2.05) is 0 Å². The van der Waals surface area contributed by atoms with Crippen molar-refractivity contribution in [3.8, 4) is 5.75 Å². The summed E-state index contributed by atoms with van der Waals surface area (Å²) in [5.41, 5.74) is -1.87. The molecule has 0 amide bonds. The van der Waals surface area contributed by atoms with E-state index in [9.17, 15) is 27.6 Å². The molecule has 0 radical (unpaired) electrons. The van der Waals surface area contributed by atoms with Crippen LogP contribution in [0.15, 0.2) is 68.3 Å². The normalized spacial score (nSPS) is 11.2. The van der Waals surface area contributed by atoms with Crippen LogP contribution in [-0.4, -0.2) is 26.2 Å². The molecular formula is C25H18F3N5O4S. The summed E-state index contributed by atoms with van der Waals surface area (Å²) >= 11 is 1.33. The highest BCUT2D eigenvalue weighted by Crippen LogP contribution is 2.20. The molecule has 3 heterocycles. The number of anilines is 2. The number of ether oxygens (including phenoxy) is 1. The number of thiophene rings is 1. The maximum atomic E-state index is 13.9. The molecule has 3 aromatic heterocycles. The third kappa shape index (κ3) is 4.83. The quantitative estimate of drug-likeness (QED) is 0.305. The molecule has 0 atom stereocenters. The maximum absolute atomic E-state index is 13.9. The minimum Gasteiger partial charge on any atom is -0.497 e. The number of fused-ring (bicyclic) bond motifs is 1. The SMILES string of the molecule is COc1ccc(Nc2nc(=O)n(Cc3cc4ccsc4[nH]c3=O)c(=O)n2Cc2cc(F)c(F)c(F)c2)cc1. The summed E-state index contributed by atoms with van der Waals surface area (Å²) in [7, 11) is 1.49. The van der Waals surface area contributed by atoms with Gasteiger partial charge in [-0.15, -0.1) is 11.3 Å². The number of H-pyrrole nitrogens is 1. The van der Waals surface area contributed by atoms with Crippen LogP contribution in [0.2, 0.25) is 0 Å². The van der Waals surface area contributed by atoms with E-state index in [2.05, 4.69) is 15.3 Å². The fourth-order valence-electron chi connectivity index (χ4n) is 3.85. The van der Waals surface area contributed by atoms with Gasteiger partial charge in [-0.2, -0.15) is 4.98 Å². The van der Waals surface area contributed by atoms with Gasteiger partial charge in [0.1, 0.15) is 10.6 Å². The van der Waals surface area contributed by atoms with Crippen LogP contribution in [0.4, 0.5) is 24.8 Å². The number of nitrogens with one attached hydrogen (secondary N) is 2. The zero-order valence-electron chi connectivity index (χ0n) is 19.6. The summed E-state index contributed by atoms with van der Waals surface area (Å²) in [6.45, 7) is -0.862. The molecule has 38 heavy (non-hydrogen) atoms. The van der Waals surface area contributed by atoms with Crippen LogP contribution < -0.4 is 27.0 Å². The van der Waals surface area contributed by atoms with E-state index in [4.69, 9.17) is 4.74 Å². The smallest absolute Gasteiger partial charge is 0.355 e. The lowest BCUT2D eigenvalue weighted by Gasteiger charge is -2.16. The summed E-state index contributed by atoms with van der Waals surface area (Å²) in [4.78, 5) is 46.3. The molecule has 0 spiro atoms. The van der Waals surface area contributed by atoms with E-state index in [1.165, 1.54) is 18.4 Å². The van der Waals surface area contributed by atoms with Crippen molar-refractivity contribution in [1.29, 1.82) is 0 Å². The largest absolute Gasteiger partial charge is 0.497 e. The van der Waals surface area contributed by atoms with Gasteiger partial charge in [-0.1, -0.05) is 0 Å². The molecule has 0 aliphatic carbocycles. The Balaban J connectivity index is 1.61. The predicted octanol–water partition coefficient (Wildman–Crippen LogP) is 3.57. The van der Waals surface area contributed by atoms with Crippen molar-refractivity contribution in [2.45, 2.75) is 13.1 Å². The third-order valence-corrected chi connectivity index (χ3v) is 6.60. The van der Waals surface area contributed by atoms with E-state index < -0.39 is 47.5 Å². The minimum atomic E-state index is -1.65. The Morgan fingerprint density at radius 3 is 2.37 bits per heavy atom. The molecule has 5 rings (SSSR count). The third-order valence-electron chi connectivity index (χ3n) is 5.75. The molecule has 9 nitrogen and oxygen atoms in total. The molecule has 194 valence electrons. The van der Waals surface area contributed by atoms with E-state index in [0.717, 1.165) is 26.7 Å². The average Bonchev–Trinajstić information content (AvgIpc) is 3.34. The van der Waals surface area contributed by atoms with Gasteiger partial charge < -0.3 is 15.0 Å². The molecule has 0 bridgehead atoms. The lowest BCUT2D eigenvalue weighted by Crippen LogP contribution is -2.43. The summed E-state index contributed by atoms with van der Waals surface area (Å²) in [6.07, 6.45) is 0. The van der Waals surface area contributed by atoms with Gasteiger partial charge in [0.25, 0.3) is 5.56 Å². The molecule has 0 fully saturated rings. The second-order valence-corrected chi connectivity index (χ2v) is 9.14. The molecular weight excluding hydrogens is 523 g/mol. The molecule has 0 aliphatic rings. The monoisotopic (exact) mass is 541 g/mol. The van der Waals surface area contributed by atoms with Gasteiger partial charge in [0, 0.05) is 16.6 Å². The number of rotatable bonds is 7. The first-order chi connectivity index (χ1) is 18.2. The Labute approximate surface area is 215 Å². The van der Waals surface area contributed by atoms with Crippen LogP contribution >= 0.6 is 11.3 Å². The van der Waals surface area contributed by atoms with Gasteiger partial charge >= 0.3 is 11.4 Å². The van der Waals surface area contributed by atoms with Crippen molar-refractivity contribution in [2.24, 2.45) is 0 Å². The maximum Gasteiger partial charge on any atom is 0.355 e. The first-order valence-corrected chi connectivity index (χ1v) is 12.0. The van der Waals surface area contributed by atoms with E-state index in [0.29, 0.717) is 16.3 Å². The number of nitrogens with zero attached hydrogens (tertiary/aromatic N) is 3. The lowest BCUT2D eigenvalue weighted by atomic mass is 10.2. The number of hydrogen-bond acceptors (Lipinski definition) is 7. The Morgan fingerprint density at radius 2 is 1.68 bits per heavy atom. The molecule has 0 saturated carbocycles. The highest BCUT2D eigenvalue weighted by Gasteiger charge is 2.18. The molecule has 2 aromatic carbocycles. The van der Waals surface area contributed by atoms with E-state index >= 15 is 0 Å². The zero-order valence-corrected chi connectivity index (χ0v) is 20.4. The minimum absolute atomic E-state index is 0.0918. The number of pyridine rings is 1. The number of benzene rings is 2. The van der Waals surface area contributed by atoms with E-state index in [1.54, 1.807) is 41.8 Å².